The average molecular weight is 447 g/mol. The molecule has 8 heteroatoms. The minimum Gasteiger partial charge on any atom is -0.598 e. The fourth-order valence-electron chi connectivity index (χ4n) is 2.21. The summed E-state index contributed by atoms with van der Waals surface area (Å²) in [5, 5.41) is 11.7. The predicted octanol–water partition coefficient (Wildman–Crippen LogP) is 1.52. The van der Waals surface area contributed by atoms with Crippen molar-refractivity contribution in [3.8, 4) is 23.7 Å². The van der Waals surface area contributed by atoms with Crippen molar-refractivity contribution < 1.29 is 24.0 Å². The lowest BCUT2D eigenvalue weighted by atomic mass is 10.1. The molecule has 1 unspecified atom stereocenters. The van der Waals surface area contributed by atoms with Gasteiger partial charge < -0.3 is 19.7 Å². The van der Waals surface area contributed by atoms with Gasteiger partial charge in [-0.2, -0.15) is 0 Å². The second-order valence-electron chi connectivity index (χ2n) is 7.76. The Kier molecular flexibility index (Phi) is 10.6. The Labute approximate surface area is 187 Å². The van der Waals surface area contributed by atoms with Crippen molar-refractivity contribution in [2.45, 2.75) is 64.5 Å². The highest BCUT2D eigenvalue weighted by Gasteiger charge is 2.35. The first-order valence-electron chi connectivity index (χ1n) is 9.91. The number of aliphatic hydroxyl groups is 1. The van der Waals surface area contributed by atoms with Crippen molar-refractivity contribution in [1.29, 1.82) is 0 Å². The molecular weight excluding hydrogens is 416 g/mol. The molecule has 0 aromatic heterocycles. The zero-order chi connectivity index (χ0) is 23.6. The van der Waals surface area contributed by atoms with Crippen LogP contribution in [-0.4, -0.2) is 51.1 Å². The van der Waals surface area contributed by atoms with E-state index in [-0.39, 0.29) is 6.61 Å². The van der Waals surface area contributed by atoms with Gasteiger partial charge in [-0.3, -0.25) is 4.79 Å². The number of rotatable bonds is 7. The van der Waals surface area contributed by atoms with Crippen LogP contribution in [0.2, 0.25) is 0 Å². The summed E-state index contributed by atoms with van der Waals surface area (Å²) < 4.78 is 19.8. The van der Waals surface area contributed by atoms with E-state index < -0.39 is 46.2 Å². The fraction of sp³-hybridized carbons (Fsp3) is 0.478. The summed E-state index contributed by atoms with van der Waals surface area (Å²) in [4.78, 5) is 25.1. The maximum atomic E-state index is 12.7. The van der Waals surface area contributed by atoms with Crippen LogP contribution in [0.25, 0.3) is 0 Å². The van der Waals surface area contributed by atoms with Gasteiger partial charge in [0.15, 0.2) is 0 Å². The van der Waals surface area contributed by atoms with Gasteiger partial charge in [0, 0.05) is 22.5 Å². The first-order chi connectivity index (χ1) is 14.5. The van der Waals surface area contributed by atoms with Crippen molar-refractivity contribution in [1.82, 2.24) is 10.0 Å². The second-order valence-corrected chi connectivity index (χ2v) is 9.76. The summed E-state index contributed by atoms with van der Waals surface area (Å²) in [7, 11) is 0. The first kappa shape index (κ1) is 26.5. The molecule has 0 heterocycles. The molecule has 0 aliphatic rings. The van der Waals surface area contributed by atoms with Gasteiger partial charge in [0.1, 0.15) is 16.9 Å². The number of benzene rings is 1. The number of esters is 1. The lowest BCUT2D eigenvalue weighted by Gasteiger charge is -2.29. The van der Waals surface area contributed by atoms with Crippen LogP contribution in [0.15, 0.2) is 24.3 Å². The quantitative estimate of drug-likeness (QED) is 0.333. The highest BCUT2D eigenvalue weighted by molar-refractivity contribution is 7.90. The van der Waals surface area contributed by atoms with Gasteiger partial charge in [-0.05, 0) is 77.6 Å². The van der Waals surface area contributed by atoms with E-state index in [1.807, 2.05) is 0 Å². The molecule has 3 N–H and O–H groups in total. The van der Waals surface area contributed by atoms with Gasteiger partial charge in [-0.15, -0.1) is 4.72 Å². The molecule has 0 spiro atoms. The Morgan fingerprint density at radius 1 is 1.19 bits per heavy atom. The normalized spacial score (nSPS) is 14.6. The maximum Gasteiger partial charge on any atom is 0.330 e. The van der Waals surface area contributed by atoms with E-state index in [4.69, 9.17) is 9.84 Å². The van der Waals surface area contributed by atoms with Crippen molar-refractivity contribution in [2.75, 3.05) is 6.61 Å². The van der Waals surface area contributed by atoms with Crippen LogP contribution in [0.1, 0.15) is 57.5 Å². The van der Waals surface area contributed by atoms with E-state index in [1.165, 1.54) is 0 Å². The molecular formula is C23H30N2O5S. The third-order valence-corrected chi connectivity index (χ3v) is 5.57. The molecule has 31 heavy (non-hydrogen) atoms. The van der Waals surface area contributed by atoms with Gasteiger partial charge in [0.05, 0.1) is 12.6 Å². The molecule has 0 bridgehead atoms. The maximum absolute atomic E-state index is 12.7. The third-order valence-electron chi connectivity index (χ3n) is 3.87. The predicted molar refractivity (Wildman–Crippen MR) is 121 cm³/mol. The molecule has 0 saturated carbocycles. The second kappa shape index (κ2) is 12.4. The van der Waals surface area contributed by atoms with E-state index in [2.05, 4.69) is 33.7 Å². The molecule has 1 amide bonds. The van der Waals surface area contributed by atoms with Gasteiger partial charge >= 0.3 is 5.97 Å². The van der Waals surface area contributed by atoms with Crippen molar-refractivity contribution in [3.63, 3.8) is 0 Å². The van der Waals surface area contributed by atoms with Crippen LogP contribution >= 0.6 is 0 Å². The number of hydrogen-bond acceptors (Lipinski definition) is 6. The lowest BCUT2D eigenvalue weighted by Crippen LogP contribution is -2.56. The number of aliphatic hydroxyl groups excluding tert-OH is 1. The van der Waals surface area contributed by atoms with Crippen molar-refractivity contribution >= 4 is 23.2 Å². The number of hydrogen-bond donors (Lipinski definition) is 3. The zero-order valence-electron chi connectivity index (χ0n) is 18.7. The summed E-state index contributed by atoms with van der Waals surface area (Å²) >= 11 is -1.43. The number of carbonyl (C=O) groups is 2. The molecule has 0 saturated heterocycles. The molecule has 4 atom stereocenters. The molecule has 1 rings (SSSR count). The monoisotopic (exact) mass is 446 g/mol. The van der Waals surface area contributed by atoms with Gasteiger partial charge in [0.2, 0.25) is 0 Å². The third kappa shape index (κ3) is 9.46. The first-order valence-corrected chi connectivity index (χ1v) is 11.1. The summed E-state index contributed by atoms with van der Waals surface area (Å²) in [6, 6.07) is 4.82. The van der Waals surface area contributed by atoms with E-state index in [9.17, 15) is 14.1 Å². The summed E-state index contributed by atoms with van der Waals surface area (Å²) in [6.45, 7) is 10.5. The van der Waals surface area contributed by atoms with E-state index in [1.54, 1.807) is 65.8 Å². The Hall–Kier alpha value is -2.49. The van der Waals surface area contributed by atoms with Crippen molar-refractivity contribution in [3.05, 3.63) is 35.4 Å². The molecule has 0 fully saturated rings. The van der Waals surface area contributed by atoms with Crippen LogP contribution < -0.4 is 10.0 Å². The highest BCUT2D eigenvalue weighted by Crippen LogP contribution is 2.15. The van der Waals surface area contributed by atoms with E-state index >= 15 is 0 Å². The van der Waals surface area contributed by atoms with E-state index in [0.717, 1.165) is 0 Å². The standard InChI is InChI=1S/C23H30N2O5S/c1-7-30-22(28)20(17(3)25-31(29)23(4,5)6)24-21(27)19-14-12-18(13-15-19)11-9-8-10-16(2)26/h12-17,20,25-26H,7H2,1-6H3,(H,24,27)/t16-,17-,20-,31?/m0/s1. The Morgan fingerprint density at radius 2 is 1.81 bits per heavy atom. The summed E-state index contributed by atoms with van der Waals surface area (Å²) in [5.74, 6) is 9.40. The minimum absolute atomic E-state index is 0.158. The number of nitrogens with one attached hydrogen (secondary N) is 2. The lowest BCUT2D eigenvalue weighted by molar-refractivity contribution is -0.145. The summed E-state index contributed by atoms with van der Waals surface area (Å²) in [6.07, 6.45) is -0.745. The largest absolute Gasteiger partial charge is 0.598 e. The number of carbonyl (C=O) groups excluding carboxylic acids is 2. The minimum atomic E-state index is -1.43. The zero-order valence-corrected chi connectivity index (χ0v) is 19.6. The van der Waals surface area contributed by atoms with Crippen molar-refractivity contribution in [2.24, 2.45) is 0 Å². The number of ether oxygens (including phenoxy) is 1. The van der Waals surface area contributed by atoms with Gasteiger partial charge in [0.25, 0.3) is 5.91 Å². The molecule has 1 aromatic rings. The van der Waals surface area contributed by atoms with E-state index in [0.29, 0.717) is 11.1 Å². The van der Waals surface area contributed by atoms with Crippen LogP contribution in [0.4, 0.5) is 0 Å². The van der Waals surface area contributed by atoms with Crippen LogP contribution in [0.3, 0.4) is 0 Å². The smallest absolute Gasteiger partial charge is 0.330 e. The molecule has 0 radical (unpaired) electrons. The molecule has 1 aromatic carbocycles. The Bertz CT molecular complexity index is 870. The Morgan fingerprint density at radius 3 is 2.32 bits per heavy atom. The highest BCUT2D eigenvalue weighted by atomic mass is 32.2. The SMILES string of the molecule is CCOC(=O)[C@@H](NC(=O)c1ccc(C#CC#C[C@H](C)O)cc1)[C@H](C)N[S+]([O-])C(C)(C)C. The van der Waals surface area contributed by atoms with Crippen LogP contribution in [0.5, 0.6) is 0 Å². The van der Waals surface area contributed by atoms with Crippen LogP contribution in [0, 0.1) is 23.7 Å². The Balaban J connectivity index is 2.93. The summed E-state index contributed by atoms with van der Waals surface area (Å²) in [5.41, 5.74) is 0.980. The average Bonchev–Trinajstić information content (AvgIpc) is 2.68. The number of amides is 1. The molecule has 0 aliphatic carbocycles. The van der Waals surface area contributed by atoms with Gasteiger partial charge in [-0.1, -0.05) is 11.8 Å². The molecule has 0 aliphatic heterocycles. The van der Waals surface area contributed by atoms with Gasteiger partial charge in [-0.25, -0.2) is 4.79 Å². The topological polar surface area (TPSA) is 111 Å². The molecule has 7 nitrogen and oxygen atoms in total. The fourth-order valence-corrected chi connectivity index (χ4v) is 3.03. The van der Waals surface area contributed by atoms with Crippen LogP contribution in [-0.2, 0) is 20.9 Å². The molecule has 168 valence electrons.